The molecule has 0 aliphatic carbocycles. The van der Waals surface area contributed by atoms with Crippen LogP contribution in [0.5, 0.6) is 11.5 Å². The third-order valence-corrected chi connectivity index (χ3v) is 6.89. The first-order valence-electron chi connectivity index (χ1n) is 12.0. The van der Waals surface area contributed by atoms with Crippen molar-refractivity contribution in [1.82, 2.24) is 4.90 Å². The molecule has 32 heavy (non-hydrogen) atoms. The number of rotatable bonds is 9. The highest BCUT2D eigenvalue weighted by atomic mass is 16.7. The zero-order valence-electron chi connectivity index (χ0n) is 19.7. The van der Waals surface area contributed by atoms with Gasteiger partial charge in [0.2, 0.25) is 0 Å². The van der Waals surface area contributed by atoms with Gasteiger partial charge in [0.15, 0.2) is 17.8 Å². The van der Waals surface area contributed by atoms with Gasteiger partial charge in [0.05, 0.1) is 14.2 Å². The summed E-state index contributed by atoms with van der Waals surface area (Å²) in [5, 5.41) is 0. The Morgan fingerprint density at radius 2 is 1.84 bits per heavy atom. The standard InChI is InChI=1S/C27H37NO4/c1-20(21-10-5-4-6-11-21)28-15-14-22-18-25(29-2)26(30-3)19-23(22)24(28)12-9-17-32-27-13-7-8-16-31-27/h4-6,10-11,18-20,24,27H,7-9,12-17H2,1-3H3/t20-,24-,27?/m0/s1. The van der Waals surface area contributed by atoms with Crippen LogP contribution < -0.4 is 9.47 Å². The van der Waals surface area contributed by atoms with Crippen LogP contribution in [0.15, 0.2) is 42.5 Å². The van der Waals surface area contributed by atoms with Crippen LogP contribution in [-0.2, 0) is 15.9 Å². The Kier molecular flexibility index (Phi) is 8.06. The fourth-order valence-corrected chi connectivity index (χ4v) is 5.09. The highest BCUT2D eigenvalue weighted by molar-refractivity contribution is 5.49. The summed E-state index contributed by atoms with van der Waals surface area (Å²) in [6, 6.07) is 15.8. The lowest BCUT2D eigenvalue weighted by Crippen LogP contribution is -2.37. The molecule has 2 aliphatic rings. The maximum absolute atomic E-state index is 6.04. The Balaban J connectivity index is 1.53. The Bertz CT molecular complexity index is 850. The summed E-state index contributed by atoms with van der Waals surface area (Å²) in [6.45, 7) is 4.90. The van der Waals surface area contributed by atoms with Gasteiger partial charge in [-0.2, -0.15) is 0 Å². The van der Waals surface area contributed by atoms with E-state index in [1.54, 1.807) is 14.2 Å². The third kappa shape index (κ3) is 5.28. The topological polar surface area (TPSA) is 40.2 Å². The lowest BCUT2D eigenvalue weighted by atomic mass is 9.87. The van der Waals surface area contributed by atoms with E-state index in [9.17, 15) is 0 Å². The number of benzene rings is 2. The Morgan fingerprint density at radius 1 is 1.06 bits per heavy atom. The average Bonchev–Trinajstić information content (AvgIpc) is 2.86. The molecule has 174 valence electrons. The molecule has 5 nitrogen and oxygen atoms in total. The Hall–Kier alpha value is -2.08. The molecule has 0 amide bonds. The van der Waals surface area contributed by atoms with Crippen molar-refractivity contribution in [1.29, 1.82) is 0 Å². The number of ether oxygens (including phenoxy) is 4. The minimum Gasteiger partial charge on any atom is -0.493 e. The van der Waals surface area contributed by atoms with E-state index in [4.69, 9.17) is 18.9 Å². The molecule has 0 radical (unpaired) electrons. The van der Waals surface area contributed by atoms with Crippen molar-refractivity contribution in [3.8, 4) is 11.5 Å². The van der Waals surface area contributed by atoms with Crippen LogP contribution in [0.3, 0.4) is 0 Å². The normalized spacial score (nSPS) is 22.2. The van der Waals surface area contributed by atoms with Crippen molar-refractivity contribution in [2.24, 2.45) is 0 Å². The predicted octanol–water partition coefficient (Wildman–Crippen LogP) is 5.69. The van der Waals surface area contributed by atoms with Crippen molar-refractivity contribution in [2.75, 3.05) is 34.0 Å². The second-order valence-electron chi connectivity index (χ2n) is 8.81. The summed E-state index contributed by atoms with van der Waals surface area (Å²) in [6.07, 6.45) is 6.38. The van der Waals surface area contributed by atoms with Gasteiger partial charge in [-0.05, 0) is 74.3 Å². The molecule has 1 saturated heterocycles. The second kappa shape index (κ2) is 11.2. The van der Waals surface area contributed by atoms with Crippen molar-refractivity contribution in [2.45, 2.75) is 63.8 Å². The lowest BCUT2D eigenvalue weighted by Gasteiger charge is -2.42. The van der Waals surface area contributed by atoms with Gasteiger partial charge >= 0.3 is 0 Å². The average molecular weight is 440 g/mol. The van der Waals surface area contributed by atoms with Gasteiger partial charge in [-0.15, -0.1) is 0 Å². The summed E-state index contributed by atoms with van der Waals surface area (Å²) in [5.41, 5.74) is 4.07. The maximum atomic E-state index is 6.04. The fourth-order valence-electron chi connectivity index (χ4n) is 5.09. The molecule has 0 aromatic heterocycles. The first-order valence-corrected chi connectivity index (χ1v) is 12.0. The molecule has 5 heteroatoms. The van der Waals surface area contributed by atoms with E-state index in [0.717, 1.165) is 63.4 Å². The van der Waals surface area contributed by atoms with Crippen LogP contribution in [0.4, 0.5) is 0 Å². The van der Waals surface area contributed by atoms with E-state index in [1.807, 2.05) is 0 Å². The second-order valence-corrected chi connectivity index (χ2v) is 8.81. The molecule has 4 rings (SSSR count). The van der Waals surface area contributed by atoms with E-state index in [-0.39, 0.29) is 6.29 Å². The van der Waals surface area contributed by atoms with Gasteiger partial charge in [-0.3, -0.25) is 4.90 Å². The highest BCUT2D eigenvalue weighted by Gasteiger charge is 2.32. The predicted molar refractivity (Wildman–Crippen MR) is 126 cm³/mol. The minimum absolute atomic E-state index is 0.0221. The third-order valence-electron chi connectivity index (χ3n) is 6.89. The van der Waals surface area contributed by atoms with Gasteiger partial charge < -0.3 is 18.9 Å². The van der Waals surface area contributed by atoms with E-state index >= 15 is 0 Å². The number of nitrogens with zero attached hydrogens (tertiary/aromatic N) is 1. The van der Waals surface area contributed by atoms with Crippen LogP contribution in [-0.4, -0.2) is 45.2 Å². The minimum atomic E-state index is -0.0221. The van der Waals surface area contributed by atoms with Crippen molar-refractivity contribution in [3.63, 3.8) is 0 Å². The summed E-state index contributed by atoms with van der Waals surface area (Å²) in [7, 11) is 3.42. The van der Waals surface area contributed by atoms with Gasteiger partial charge in [-0.1, -0.05) is 30.3 Å². The summed E-state index contributed by atoms with van der Waals surface area (Å²) < 4.78 is 23.0. The molecule has 0 N–H and O–H groups in total. The number of methoxy groups -OCH3 is 2. The molecule has 0 bridgehead atoms. The van der Waals surface area contributed by atoms with Crippen molar-refractivity contribution < 1.29 is 18.9 Å². The largest absolute Gasteiger partial charge is 0.493 e. The van der Waals surface area contributed by atoms with Gasteiger partial charge in [0, 0.05) is 31.8 Å². The number of hydrogen-bond donors (Lipinski definition) is 0. The summed E-state index contributed by atoms with van der Waals surface area (Å²) >= 11 is 0. The molecule has 2 aliphatic heterocycles. The zero-order valence-corrected chi connectivity index (χ0v) is 19.7. The van der Waals surface area contributed by atoms with Crippen LogP contribution >= 0.6 is 0 Å². The van der Waals surface area contributed by atoms with Crippen LogP contribution in [0.1, 0.15) is 67.8 Å². The Labute approximate surface area is 192 Å². The van der Waals surface area contributed by atoms with Gasteiger partial charge in [-0.25, -0.2) is 0 Å². The van der Waals surface area contributed by atoms with Crippen molar-refractivity contribution in [3.05, 3.63) is 59.2 Å². The molecular weight excluding hydrogens is 402 g/mol. The fraction of sp³-hybridized carbons (Fsp3) is 0.556. The Morgan fingerprint density at radius 3 is 2.56 bits per heavy atom. The quantitative estimate of drug-likeness (QED) is 0.470. The zero-order chi connectivity index (χ0) is 22.3. The van der Waals surface area contributed by atoms with E-state index < -0.39 is 0 Å². The summed E-state index contributed by atoms with van der Waals surface area (Å²) in [5.74, 6) is 1.62. The van der Waals surface area contributed by atoms with Gasteiger partial charge in [0.1, 0.15) is 0 Å². The first-order chi connectivity index (χ1) is 15.7. The van der Waals surface area contributed by atoms with E-state index in [2.05, 4.69) is 54.3 Å². The maximum Gasteiger partial charge on any atom is 0.161 e. The highest BCUT2D eigenvalue weighted by Crippen LogP contribution is 2.43. The molecule has 2 aromatic rings. The van der Waals surface area contributed by atoms with Crippen LogP contribution in [0, 0.1) is 0 Å². The smallest absolute Gasteiger partial charge is 0.161 e. The molecule has 0 saturated carbocycles. The first kappa shape index (κ1) is 23.1. The summed E-state index contributed by atoms with van der Waals surface area (Å²) in [4.78, 5) is 2.64. The monoisotopic (exact) mass is 439 g/mol. The molecule has 2 aromatic carbocycles. The number of fused-ring (bicyclic) bond motifs is 1. The molecule has 1 unspecified atom stereocenters. The molecule has 0 spiro atoms. The van der Waals surface area contributed by atoms with Crippen LogP contribution in [0.25, 0.3) is 0 Å². The molecule has 2 heterocycles. The lowest BCUT2D eigenvalue weighted by molar-refractivity contribution is -0.163. The van der Waals surface area contributed by atoms with Crippen molar-refractivity contribution >= 4 is 0 Å². The van der Waals surface area contributed by atoms with Crippen LogP contribution in [0.2, 0.25) is 0 Å². The molecular formula is C27H37NO4. The SMILES string of the molecule is COc1cc2c(cc1OC)[C@H](CCCOC1CCCCO1)N([C@@H](C)c1ccccc1)CC2. The number of hydrogen-bond acceptors (Lipinski definition) is 5. The van der Waals surface area contributed by atoms with E-state index in [1.165, 1.54) is 23.1 Å². The molecule has 3 atom stereocenters. The molecule has 1 fully saturated rings. The van der Waals surface area contributed by atoms with E-state index in [0.29, 0.717) is 12.1 Å². The van der Waals surface area contributed by atoms with Gasteiger partial charge in [0.25, 0.3) is 0 Å².